The molecule has 0 saturated carbocycles. The molecule has 0 fully saturated rings. The summed E-state index contributed by atoms with van der Waals surface area (Å²) in [5.41, 5.74) is 0.695. The van der Waals surface area contributed by atoms with Crippen molar-refractivity contribution in [2.75, 3.05) is 6.61 Å². The Hall–Kier alpha value is -0.970. The van der Waals surface area contributed by atoms with Gasteiger partial charge in [0, 0.05) is 5.57 Å². The Kier molecular flexibility index (Phi) is 6.03. The minimum Gasteiger partial charge on any atom is -0.479 e. The van der Waals surface area contributed by atoms with Gasteiger partial charge >= 0.3 is 5.70 Å². The molecule has 0 aromatic carbocycles. The summed E-state index contributed by atoms with van der Waals surface area (Å²) in [6, 6.07) is 0. The third-order valence-electron chi connectivity index (χ3n) is 1.84. The van der Waals surface area contributed by atoms with E-state index >= 15 is 0 Å². The van der Waals surface area contributed by atoms with Crippen LogP contribution >= 0.6 is 12.2 Å². The third-order valence-corrected chi connectivity index (χ3v) is 2.15. The van der Waals surface area contributed by atoms with Crippen molar-refractivity contribution >= 4 is 17.3 Å². The first-order valence-corrected chi connectivity index (χ1v) is 5.02. The molecular formula is C9H15NO3S. The lowest BCUT2D eigenvalue weighted by Gasteiger charge is -2.06. The van der Waals surface area contributed by atoms with Crippen LogP contribution in [0.25, 0.3) is 0 Å². The maximum absolute atomic E-state index is 10.8. The molecule has 0 bridgehead atoms. The Labute approximate surface area is 89.1 Å². The molecule has 0 amide bonds. The van der Waals surface area contributed by atoms with Crippen molar-refractivity contribution in [3.63, 3.8) is 0 Å². The Morgan fingerprint density at radius 2 is 1.86 bits per heavy atom. The molecule has 0 aromatic rings. The molecule has 0 aliphatic carbocycles. The summed E-state index contributed by atoms with van der Waals surface area (Å²) < 4.78 is 4.98. The number of nitro groups is 1. The zero-order valence-electron chi connectivity index (χ0n) is 8.70. The normalized spacial score (nSPS) is 9.36. The summed E-state index contributed by atoms with van der Waals surface area (Å²) in [4.78, 5) is 10.3. The van der Waals surface area contributed by atoms with Crippen molar-refractivity contribution < 1.29 is 9.66 Å². The Bertz CT molecular complexity index is 255. The van der Waals surface area contributed by atoms with Crippen molar-refractivity contribution in [3.8, 4) is 0 Å². The van der Waals surface area contributed by atoms with E-state index in [1.165, 1.54) is 0 Å². The molecule has 0 aliphatic heterocycles. The van der Waals surface area contributed by atoms with Crippen molar-refractivity contribution in [3.05, 3.63) is 21.4 Å². The van der Waals surface area contributed by atoms with Crippen LogP contribution in [0.1, 0.15) is 33.6 Å². The minimum absolute atomic E-state index is 0.00352. The highest BCUT2D eigenvalue weighted by atomic mass is 32.1. The Balaban J connectivity index is 5.01. The number of thiocarbonyl (C=S) groups is 1. The molecule has 0 saturated heterocycles. The topological polar surface area (TPSA) is 52.4 Å². The molecule has 0 aliphatic rings. The fourth-order valence-corrected chi connectivity index (χ4v) is 1.47. The second kappa shape index (κ2) is 6.48. The van der Waals surface area contributed by atoms with E-state index in [0.717, 1.165) is 5.57 Å². The highest BCUT2D eigenvalue weighted by Crippen LogP contribution is 2.15. The largest absolute Gasteiger partial charge is 0.479 e. The van der Waals surface area contributed by atoms with Crippen LogP contribution in [0.3, 0.4) is 0 Å². The molecule has 0 radical (unpaired) electrons. The molecule has 4 nitrogen and oxygen atoms in total. The number of rotatable bonds is 5. The van der Waals surface area contributed by atoms with E-state index in [9.17, 15) is 10.1 Å². The van der Waals surface area contributed by atoms with E-state index < -0.39 is 4.92 Å². The molecule has 0 unspecified atom stereocenters. The maximum Gasteiger partial charge on any atom is 0.321 e. The van der Waals surface area contributed by atoms with E-state index in [0.29, 0.717) is 19.4 Å². The van der Waals surface area contributed by atoms with Gasteiger partial charge in [-0.2, -0.15) is 0 Å². The summed E-state index contributed by atoms with van der Waals surface area (Å²) in [7, 11) is 0. The van der Waals surface area contributed by atoms with E-state index in [4.69, 9.17) is 17.0 Å². The summed E-state index contributed by atoms with van der Waals surface area (Å²) in [6.07, 6.45) is 1.25. The second-order valence-electron chi connectivity index (χ2n) is 2.64. The van der Waals surface area contributed by atoms with Gasteiger partial charge in [-0.1, -0.05) is 13.8 Å². The monoisotopic (exact) mass is 217 g/mol. The fraction of sp³-hybridized carbons (Fsp3) is 0.667. The lowest BCUT2D eigenvalue weighted by Crippen LogP contribution is -2.15. The molecule has 0 spiro atoms. The maximum atomic E-state index is 10.8. The van der Waals surface area contributed by atoms with Crippen LogP contribution in [0.2, 0.25) is 0 Å². The minimum atomic E-state index is -0.458. The lowest BCUT2D eigenvalue weighted by atomic mass is 10.1. The SMILES string of the molecule is CCOC(=S)C(=C(CC)CC)[N+](=O)[O-]. The van der Waals surface area contributed by atoms with Crippen LogP contribution < -0.4 is 0 Å². The summed E-state index contributed by atoms with van der Waals surface area (Å²) in [5, 5.41) is 10.8. The van der Waals surface area contributed by atoms with Gasteiger partial charge in [0.25, 0.3) is 5.05 Å². The highest BCUT2D eigenvalue weighted by Gasteiger charge is 2.22. The van der Waals surface area contributed by atoms with E-state index in [2.05, 4.69) is 0 Å². The average molecular weight is 217 g/mol. The fourth-order valence-electron chi connectivity index (χ4n) is 1.13. The second-order valence-corrected chi connectivity index (χ2v) is 3.01. The summed E-state index contributed by atoms with van der Waals surface area (Å²) >= 11 is 4.84. The number of allylic oxidation sites excluding steroid dienone is 1. The van der Waals surface area contributed by atoms with Crippen LogP contribution in [0.15, 0.2) is 11.3 Å². The average Bonchev–Trinajstić information content (AvgIpc) is 2.13. The summed E-state index contributed by atoms with van der Waals surface area (Å²) in [6.45, 7) is 5.85. The predicted octanol–water partition coefficient (Wildman–Crippen LogP) is 2.70. The lowest BCUT2D eigenvalue weighted by molar-refractivity contribution is -0.417. The number of nitrogens with zero attached hydrogens (tertiary/aromatic N) is 1. The Morgan fingerprint density at radius 1 is 1.36 bits per heavy atom. The molecule has 0 atom stereocenters. The van der Waals surface area contributed by atoms with E-state index in [1.807, 2.05) is 13.8 Å². The zero-order valence-corrected chi connectivity index (χ0v) is 9.52. The molecule has 5 heteroatoms. The smallest absolute Gasteiger partial charge is 0.321 e. The van der Waals surface area contributed by atoms with Crippen molar-refractivity contribution in [2.24, 2.45) is 0 Å². The van der Waals surface area contributed by atoms with Crippen LogP contribution in [0.5, 0.6) is 0 Å². The van der Waals surface area contributed by atoms with Crippen molar-refractivity contribution in [2.45, 2.75) is 33.6 Å². The highest BCUT2D eigenvalue weighted by molar-refractivity contribution is 7.80. The van der Waals surface area contributed by atoms with Gasteiger partial charge < -0.3 is 4.74 Å². The van der Waals surface area contributed by atoms with Crippen LogP contribution in [0, 0.1) is 10.1 Å². The number of hydrogen-bond acceptors (Lipinski definition) is 4. The van der Waals surface area contributed by atoms with E-state index in [1.54, 1.807) is 6.92 Å². The van der Waals surface area contributed by atoms with Crippen molar-refractivity contribution in [1.82, 2.24) is 0 Å². The molecule has 0 heterocycles. The molecule has 14 heavy (non-hydrogen) atoms. The van der Waals surface area contributed by atoms with Crippen molar-refractivity contribution in [1.29, 1.82) is 0 Å². The van der Waals surface area contributed by atoms with Crippen LogP contribution in [-0.2, 0) is 4.74 Å². The number of ether oxygens (including phenoxy) is 1. The number of hydrogen-bond donors (Lipinski definition) is 0. The Morgan fingerprint density at radius 3 is 2.14 bits per heavy atom. The zero-order chi connectivity index (χ0) is 11.1. The van der Waals surface area contributed by atoms with Gasteiger partial charge in [0.15, 0.2) is 0 Å². The molecule has 0 rings (SSSR count). The van der Waals surface area contributed by atoms with E-state index in [-0.39, 0.29) is 10.7 Å². The van der Waals surface area contributed by atoms with Gasteiger partial charge in [0.2, 0.25) is 0 Å². The van der Waals surface area contributed by atoms with Gasteiger partial charge in [-0.3, -0.25) is 10.1 Å². The molecular weight excluding hydrogens is 202 g/mol. The van der Waals surface area contributed by atoms with Crippen LogP contribution in [-0.4, -0.2) is 16.6 Å². The molecule has 80 valence electrons. The first kappa shape index (κ1) is 13.0. The predicted molar refractivity (Wildman–Crippen MR) is 58.8 cm³/mol. The van der Waals surface area contributed by atoms with Crippen LogP contribution in [0.4, 0.5) is 0 Å². The van der Waals surface area contributed by atoms with Gasteiger partial charge in [-0.05, 0) is 32.0 Å². The van der Waals surface area contributed by atoms with Gasteiger partial charge in [0.1, 0.15) is 0 Å². The first-order valence-electron chi connectivity index (χ1n) is 4.61. The van der Waals surface area contributed by atoms with Gasteiger partial charge in [-0.25, -0.2) is 0 Å². The third kappa shape index (κ3) is 3.41. The standard InChI is InChI=1S/C9H15NO3S/c1-4-7(5-2)8(10(11)12)9(14)13-6-3/h4-6H2,1-3H3. The molecule has 0 aromatic heterocycles. The molecule has 0 N–H and O–H groups in total. The quantitative estimate of drug-likeness (QED) is 0.307. The van der Waals surface area contributed by atoms with Gasteiger partial charge in [0.05, 0.1) is 11.5 Å². The summed E-state index contributed by atoms with van der Waals surface area (Å²) in [5.74, 6) is 0. The van der Waals surface area contributed by atoms with Gasteiger partial charge in [-0.15, -0.1) is 0 Å². The first-order chi connectivity index (χ1) is 6.58.